The molecule has 0 aromatic heterocycles. The van der Waals surface area contributed by atoms with E-state index < -0.39 is 20.2 Å². The Labute approximate surface area is 186 Å². The minimum atomic E-state index is -4.25. The molecule has 1 rings (SSSR count). The summed E-state index contributed by atoms with van der Waals surface area (Å²) in [5.74, 6) is -0.0799. The standard InChI is InChI=1S/C12H26O3S.C6H6O3S.Na/c1-2-3-4-5-6-7-8-9-10-11-12-16(13,14)15;7-10(8,9)6-4-2-1-3-5-6;/h2-12H2,1H3,(H,13,14,15);1-5H,(H,7,8,9);/q;;+1/p-1. The zero-order valence-electron chi connectivity index (χ0n) is 16.5. The summed E-state index contributed by atoms with van der Waals surface area (Å²) in [5.41, 5.74) is 0. The molecule has 0 saturated heterocycles. The van der Waals surface area contributed by atoms with Gasteiger partial charge in [0.05, 0.1) is 10.6 Å². The van der Waals surface area contributed by atoms with Gasteiger partial charge in [-0.3, -0.25) is 4.55 Å². The molecule has 0 amide bonds. The largest absolute Gasteiger partial charge is 1.00 e. The van der Waals surface area contributed by atoms with Crippen LogP contribution in [0.2, 0.25) is 0 Å². The van der Waals surface area contributed by atoms with Crippen molar-refractivity contribution in [1.29, 1.82) is 0 Å². The summed E-state index contributed by atoms with van der Waals surface area (Å²) in [6, 6.07) is 7.19. The molecular formula is C18H31NaO6S2. The third-order valence-corrected chi connectivity index (χ3v) is 5.44. The number of benzene rings is 1. The third-order valence-electron chi connectivity index (χ3n) is 3.79. The van der Waals surface area contributed by atoms with E-state index in [-0.39, 0.29) is 40.2 Å². The van der Waals surface area contributed by atoms with Crippen molar-refractivity contribution in [2.24, 2.45) is 0 Å². The van der Waals surface area contributed by atoms with Crippen LogP contribution in [-0.2, 0) is 20.2 Å². The van der Waals surface area contributed by atoms with Gasteiger partial charge < -0.3 is 4.55 Å². The molecule has 0 bridgehead atoms. The maximum atomic E-state index is 10.4. The Bertz CT molecular complexity index is 660. The molecule has 1 N–H and O–H groups in total. The van der Waals surface area contributed by atoms with Crippen molar-refractivity contribution >= 4 is 20.2 Å². The quantitative estimate of drug-likeness (QED) is 0.305. The minimum Gasteiger partial charge on any atom is -0.744 e. The molecule has 0 aliphatic heterocycles. The Morgan fingerprint density at radius 1 is 0.778 bits per heavy atom. The summed E-state index contributed by atoms with van der Waals surface area (Å²) in [6.45, 7) is 2.22. The number of hydrogen-bond donors (Lipinski definition) is 1. The zero-order valence-corrected chi connectivity index (χ0v) is 20.1. The van der Waals surface area contributed by atoms with Gasteiger partial charge in [-0.1, -0.05) is 82.9 Å². The fourth-order valence-electron chi connectivity index (χ4n) is 2.36. The second-order valence-electron chi connectivity index (χ2n) is 6.24. The Kier molecular flexibility index (Phi) is 18.4. The van der Waals surface area contributed by atoms with Crippen molar-refractivity contribution in [3.8, 4) is 0 Å². The molecule has 9 heteroatoms. The average molecular weight is 431 g/mol. The van der Waals surface area contributed by atoms with Gasteiger partial charge in [-0.25, -0.2) is 8.42 Å². The maximum Gasteiger partial charge on any atom is 1.00 e. The van der Waals surface area contributed by atoms with Crippen molar-refractivity contribution < 1.29 is 55.5 Å². The van der Waals surface area contributed by atoms with E-state index >= 15 is 0 Å². The second kappa shape index (κ2) is 16.9. The van der Waals surface area contributed by atoms with E-state index in [0.29, 0.717) is 6.42 Å². The van der Waals surface area contributed by atoms with Crippen LogP contribution >= 0.6 is 0 Å². The number of rotatable bonds is 12. The third kappa shape index (κ3) is 20.6. The fourth-order valence-corrected chi connectivity index (χ4v) is 3.42. The van der Waals surface area contributed by atoms with Crippen LogP contribution in [0, 0.1) is 0 Å². The van der Waals surface area contributed by atoms with Crippen LogP contribution in [-0.4, -0.2) is 31.7 Å². The Balaban J connectivity index is 0. The Hall–Kier alpha value is 0.0400. The van der Waals surface area contributed by atoms with Crippen LogP contribution in [0.3, 0.4) is 0 Å². The molecule has 0 heterocycles. The summed E-state index contributed by atoms with van der Waals surface area (Å²) in [4.78, 5) is -0.185. The molecule has 6 nitrogen and oxygen atoms in total. The van der Waals surface area contributed by atoms with E-state index in [4.69, 9.17) is 4.55 Å². The van der Waals surface area contributed by atoms with Gasteiger partial charge in [0.2, 0.25) is 0 Å². The van der Waals surface area contributed by atoms with E-state index in [1.165, 1.54) is 69.2 Å². The number of hydrogen-bond acceptors (Lipinski definition) is 5. The molecule has 0 aliphatic carbocycles. The summed E-state index contributed by atoms with van der Waals surface area (Å²) in [7, 11) is -7.98. The molecule has 0 spiro atoms. The Morgan fingerprint density at radius 3 is 1.52 bits per heavy atom. The first-order valence-corrected chi connectivity index (χ1v) is 12.1. The van der Waals surface area contributed by atoms with Gasteiger partial charge in [0.1, 0.15) is 10.1 Å². The van der Waals surface area contributed by atoms with Crippen molar-refractivity contribution in [1.82, 2.24) is 0 Å². The van der Waals surface area contributed by atoms with Crippen molar-refractivity contribution in [3.63, 3.8) is 0 Å². The molecule has 0 fully saturated rings. The molecule has 0 aliphatic rings. The van der Waals surface area contributed by atoms with Gasteiger partial charge in [-0.05, 0) is 18.6 Å². The van der Waals surface area contributed by atoms with Crippen molar-refractivity contribution in [3.05, 3.63) is 30.3 Å². The molecule has 0 unspecified atom stereocenters. The molecule has 152 valence electrons. The van der Waals surface area contributed by atoms with Gasteiger partial charge in [-0.2, -0.15) is 8.42 Å². The molecule has 1 aromatic carbocycles. The van der Waals surface area contributed by atoms with E-state index in [9.17, 15) is 21.4 Å². The van der Waals surface area contributed by atoms with E-state index in [2.05, 4.69) is 6.92 Å². The van der Waals surface area contributed by atoms with Gasteiger partial charge in [0.15, 0.2) is 0 Å². The monoisotopic (exact) mass is 430 g/mol. The molecule has 27 heavy (non-hydrogen) atoms. The van der Waals surface area contributed by atoms with Crippen LogP contribution in [0.1, 0.15) is 71.1 Å². The predicted molar refractivity (Wildman–Crippen MR) is 103 cm³/mol. The summed E-state index contributed by atoms with van der Waals surface area (Å²) < 4.78 is 60.2. The predicted octanol–water partition coefficient (Wildman–Crippen LogP) is 1.39. The minimum absolute atomic E-state index is 0. The smallest absolute Gasteiger partial charge is 0.744 e. The summed E-state index contributed by atoms with van der Waals surface area (Å²) >= 11 is 0. The topological polar surface area (TPSA) is 112 Å². The normalized spacial score (nSPS) is 11.2. The van der Waals surface area contributed by atoms with Crippen LogP contribution in [0.5, 0.6) is 0 Å². The van der Waals surface area contributed by atoms with Crippen LogP contribution < -0.4 is 29.6 Å². The second-order valence-corrected chi connectivity index (χ2v) is 9.19. The van der Waals surface area contributed by atoms with E-state index in [1.807, 2.05) is 0 Å². The SMILES string of the molecule is CCCCCCCCCCCCS(=O)(=O)O.O=S(=O)([O-])c1ccccc1.[Na+]. The molecular weight excluding hydrogens is 399 g/mol. The van der Waals surface area contributed by atoms with Crippen LogP contribution in [0.25, 0.3) is 0 Å². The van der Waals surface area contributed by atoms with E-state index in [1.54, 1.807) is 6.07 Å². The number of unbranched alkanes of at least 4 members (excludes halogenated alkanes) is 9. The first kappa shape index (κ1) is 29.2. The summed E-state index contributed by atoms with van der Waals surface area (Å²) in [5, 5.41) is 0. The average Bonchev–Trinajstić information content (AvgIpc) is 2.56. The first-order chi connectivity index (χ1) is 12.2. The van der Waals surface area contributed by atoms with Crippen LogP contribution in [0.15, 0.2) is 35.2 Å². The molecule has 0 atom stereocenters. The van der Waals surface area contributed by atoms with Crippen molar-refractivity contribution in [2.75, 3.05) is 5.75 Å². The molecule has 0 saturated carbocycles. The molecule has 1 aromatic rings. The van der Waals surface area contributed by atoms with Gasteiger partial charge in [0, 0.05) is 0 Å². The van der Waals surface area contributed by atoms with Crippen LogP contribution in [0.4, 0.5) is 0 Å². The first-order valence-electron chi connectivity index (χ1n) is 9.13. The fraction of sp³-hybridized carbons (Fsp3) is 0.667. The maximum absolute atomic E-state index is 10.4. The van der Waals surface area contributed by atoms with E-state index in [0.717, 1.165) is 12.8 Å². The molecule has 0 radical (unpaired) electrons. The Morgan fingerprint density at radius 2 is 1.19 bits per heavy atom. The van der Waals surface area contributed by atoms with Crippen molar-refractivity contribution in [2.45, 2.75) is 76.0 Å². The van der Waals surface area contributed by atoms with Gasteiger partial charge in [0.25, 0.3) is 10.1 Å². The summed E-state index contributed by atoms with van der Waals surface area (Å²) in [6.07, 6.45) is 11.7. The van der Waals surface area contributed by atoms with Gasteiger partial charge in [-0.15, -0.1) is 0 Å². The van der Waals surface area contributed by atoms with Gasteiger partial charge >= 0.3 is 29.6 Å². The zero-order chi connectivity index (χ0) is 19.9.